The van der Waals surface area contributed by atoms with E-state index in [4.69, 9.17) is 11.5 Å². The number of rotatable bonds is 5. The van der Waals surface area contributed by atoms with Crippen molar-refractivity contribution < 1.29 is 0 Å². The molecule has 2 rings (SSSR count). The molecule has 0 aliphatic rings. The summed E-state index contributed by atoms with van der Waals surface area (Å²) >= 11 is 0. The van der Waals surface area contributed by atoms with Crippen LogP contribution in [0.15, 0.2) is 30.5 Å². The van der Waals surface area contributed by atoms with Crippen LogP contribution in [0.3, 0.4) is 0 Å². The van der Waals surface area contributed by atoms with Gasteiger partial charge in [-0.2, -0.15) is 15.4 Å². The van der Waals surface area contributed by atoms with Gasteiger partial charge >= 0.3 is 0 Å². The molecule has 5 nitrogen and oxygen atoms in total. The van der Waals surface area contributed by atoms with E-state index in [1.54, 1.807) is 6.20 Å². The monoisotopic (exact) mass is 231 g/mol. The largest absolute Gasteiger partial charge is 0.330 e. The molecule has 5 heteroatoms. The first-order chi connectivity index (χ1) is 8.31. The van der Waals surface area contributed by atoms with Crippen LogP contribution in [0.5, 0.6) is 0 Å². The van der Waals surface area contributed by atoms with Crippen LogP contribution < -0.4 is 11.5 Å². The lowest BCUT2D eigenvalue weighted by molar-refractivity contribution is 0.618. The molecule has 0 amide bonds. The highest BCUT2D eigenvalue weighted by molar-refractivity contribution is 5.57. The molecule has 0 aliphatic heterocycles. The van der Waals surface area contributed by atoms with Crippen molar-refractivity contribution in [3.8, 4) is 11.3 Å². The van der Waals surface area contributed by atoms with Gasteiger partial charge < -0.3 is 11.5 Å². The third-order valence-corrected chi connectivity index (χ3v) is 2.77. The van der Waals surface area contributed by atoms with Gasteiger partial charge in [-0.1, -0.05) is 24.3 Å². The van der Waals surface area contributed by atoms with E-state index < -0.39 is 0 Å². The van der Waals surface area contributed by atoms with Crippen LogP contribution in [0.2, 0.25) is 0 Å². The van der Waals surface area contributed by atoms with Crippen molar-refractivity contribution in [3.63, 3.8) is 0 Å². The summed E-state index contributed by atoms with van der Waals surface area (Å²) in [5, 5.41) is 10.4. The Morgan fingerprint density at radius 1 is 1.24 bits per heavy atom. The molecular formula is C12H17N5. The Balaban J connectivity index is 2.08. The van der Waals surface area contributed by atoms with Crippen LogP contribution in [0.25, 0.3) is 11.3 Å². The maximum atomic E-state index is 6.06. The predicted molar refractivity (Wildman–Crippen MR) is 67.0 cm³/mol. The number of hydrogen-bond donors (Lipinski definition) is 3. The van der Waals surface area contributed by atoms with Crippen LogP contribution in [0.4, 0.5) is 0 Å². The maximum Gasteiger partial charge on any atom is 0.112 e. The number of nitrogens with one attached hydrogen (secondary N) is 1. The van der Waals surface area contributed by atoms with Gasteiger partial charge in [-0.15, -0.1) is 0 Å². The Morgan fingerprint density at radius 2 is 2.00 bits per heavy atom. The standard InChI is InChI=1S/C12H17N5/c13-7-1-2-11(14)9-3-5-10(6-4-9)12-8-15-17-16-12/h3-6,8,11H,1-2,7,13-14H2,(H,15,16,17). The first kappa shape index (κ1) is 11.8. The molecule has 0 radical (unpaired) electrons. The Morgan fingerprint density at radius 3 is 2.59 bits per heavy atom. The van der Waals surface area contributed by atoms with Crippen molar-refractivity contribution in [2.24, 2.45) is 11.5 Å². The summed E-state index contributed by atoms with van der Waals surface area (Å²) in [4.78, 5) is 0. The number of hydrogen-bond acceptors (Lipinski definition) is 4. The Bertz CT molecular complexity index is 434. The van der Waals surface area contributed by atoms with Gasteiger partial charge in [0.1, 0.15) is 5.69 Å². The topological polar surface area (TPSA) is 93.6 Å². The average molecular weight is 231 g/mol. The molecule has 1 unspecified atom stereocenters. The van der Waals surface area contributed by atoms with Gasteiger partial charge in [-0.3, -0.25) is 0 Å². The third kappa shape index (κ3) is 2.89. The molecular weight excluding hydrogens is 214 g/mol. The predicted octanol–water partition coefficient (Wildman–Crippen LogP) is 1.21. The third-order valence-electron chi connectivity index (χ3n) is 2.77. The van der Waals surface area contributed by atoms with E-state index in [2.05, 4.69) is 15.4 Å². The number of benzene rings is 1. The summed E-state index contributed by atoms with van der Waals surface area (Å²) in [5.41, 5.74) is 14.5. The fourth-order valence-electron chi connectivity index (χ4n) is 1.75. The molecule has 1 aromatic carbocycles. The summed E-state index contributed by atoms with van der Waals surface area (Å²) in [6.45, 7) is 0.685. The van der Waals surface area contributed by atoms with Crippen molar-refractivity contribution in [1.29, 1.82) is 0 Å². The second kappa shape index (κ2) is 5.56. The second-order valence-electron chi connectivity index (χ2n) is 4.01. The minimum absolute atomic E-state index is 0.0601. The molecule has 0 fully saturated rings. The smallest absolute Gasteiger partial charge is 0.112 e. The molecule has 1 atom stereocenters. The Labute approximate surface area is 100 Å². The van der Waals surface area contributed by atoms with Gasteiger partial charge in [0, 0.05) is 11.6 Å². The van der Waals surface area contributed by atoms with Crippen LogP contribution in [0, 0.1) is 0 Å². The minimum atomic E-state index is 0.0601. The van der Waals surface area contributed by atoms with Crippen molar-refractivity contribution >= 4 is 0 Å². The highest BCUT2D eigenvalue weighted by Gasteiger charge is 2.06. The van der Waals surface area contributed by atoms with Gasteiger partial charge in [0.25, 0.3) is 0 Å². The van der Waals surface area contributed by atoms with E-state index in [9.17, 15) is 0 Å². The number of aromatic amines is 1. The van der Waals surface area contributed by atoms with Gasteiger partial charge in [-0.25, -0.2) is 0 Å². The van der Waals surface area contributed by atoms with Crippen LogP contribution in [-0.4, -0.2) is 22.0 Å². The molecule has 2 aromatic rings. The number of aromatic nitrogens is 3. The molecule has 0 bridgehead atoms. The summed E-state index contributed by atoms with van der Waals surface area (Å²) in [6, 6.07) is 8.14. The lowest BCUT2D eigenvalue weighted by Gasteiger charge is -2.11. The summed E-state index contributed by atoms with van der Waals surface area (Å²) in [7, 11) is 0. The first-order valence-corrected chi connectivity index (χ1v) is 5.73. The van der Waals surface area contributed by atoms with Crippen LogP contribution in [0.1, 0.15) is 24.4 Å². The Kier molecular flexibility index (Phi) is 3.85. The van der Waals surface area contributed by atoms with E-state index in [1.165, 1.54) is 0 Å². The van der Waals surface area contributed by atoms with Gasteiger partial charge in [0.2, 0.25) is 0 Å². The van der Waals surface area contributed by atoms with E-state index in [0.717, 1.165) is 29.7 Å². The summed E-state index contributed by atoms with van der Waals surface area (Å²) in [5.74, 6) is 0. The molecule has 90 valence electrons. The van der Waals surface area contributed by atoms with Crippen LogP contribution >= 0.6 is 0 Å². The van der Waals surface area contributed by atoms with Crippen molar-refractivity contribution in [2.75, 3.05) is 6.54 Å². The molecule has 1 heterocycles. The molecule has 5 N–H and O–H groups in total. The SMILES string of the molecule is NCCCC(N)c1ccc(-c2cn[nH]n2)cc1. The zero-order valence-corrected chi connectivity index (χ0v) is 9.63. The highest BCUT2D eigenvalue weighted by Crippen LogP contribution is 2.20. The molecule has 0 spiro atoms. The normalized spacial score (nSPS) is 12.6. The quantitative estimate of drug-likeness (QED) is 0.721. The van der Waals surface area contributed by atoms with Crippen molar-refractivity contribution in [2.45, 2.75) is 18.9 Å². The van der Waals surface area contributed by atoms with E-state index >= 15 is 0 Å². The van der Waals surface area contributed by atoms with Gasteiger partial charge in [0.05, 0.1) is 6.20 Å². The molecule has 1 aromatic heterocycles. The van der Waals surface area contributed by atoms with Crippen molar-refractivity contribution in [3.05, 3.63) is 36.0 Å². The highest BCUT2D eigenvalue weighted by atomic mass is 15.3. The lowest BCUT2D eigenvalue weighted by Crippen LogP contribution is -2.12. The summed E-state index contributed by atoms with van der Waals surface area (Å²) in [6.07, 6.45) is 3.56. The zero-order valence-electron chi connectivity index (χ0n) is 9.63. The fraction of sp³-hybridized carbons (Fsp3) is 0.333. The molecule has 0 saturated heterocycles. The molecule has 0 saturated carbocycles. The maximum absolute atomic E-state index is 6.06. The van der Waals surface area contributed by atoms with Crippen molar-refractivity contribution in [1.82, 2.24) is 15.4 Å². The molecule has 0 aliphatic carbocycles. The number of nitrogens with two attached hydrogens (primary N) is 2. The Hall–Kier alpha value is -1.72. The molecule has 17 heavy (non-hydrogen) atoms. The summed E-state index contributed by atoms with van der Waals surface area (Å²) < 4.78 is 0. The number of H-pyrrole nitrogens is 1. The zero-order chi connectivity index (χ0) is 12.1. The average Bonchev–Trinajstić information content (AvgIpc) is 2.90. The second-order valence-corrected chi connectivity index (χ2v) is 4.01. The minimum Gasteiger partial charge on any atom is -0.330 e. The fourth-order valence-corrected chi connectivity index (χ4v) is 1.75. The van der Waals surface area contributed by atoms with E-state index in [-0.39, 0.29) is 6.04 Å². The lowest BCUT2D eigenvalue weighted by atomic mass is 10.0. The van der Waals surface area contributed by atoms with E-state index in [1.807, 2.05) is 24.3 Å². The van der Waals surface area contributed by atoms with Crippen LogP contribution in [-0.2, 0) is 0 Å². The number of nitrogens with zero attached hydrogens (tertiary/aromatic N) is 2. The van der Waals surface area contributed by atoms with E-state index in [0.29, 0.717) is 6.54 Å². The van der Waals surface area contributed by atoms with Gasteiger partial charge in [-0.05, 0) is 24.9 Å². The first-order valence-electron chi connectivity index (χ1n) is 5.73. The van der Waals surface area contributed by atoms with Gasteiger partial charge in [0.15, 0.2) is 0 Å².